The molecule has 0 aliphatic heterocycles. The van der Waals surface area contributed by atoms with Gasteiger partial charge in [-0.1, -0.05) is 328 Å². The minimum Gasteiger partial charge on any atom is -0.252 e. The number of hydrogen-bond donors (Lipinski definition) is 0. The van der Waals surface area contributed by atoms with Gasteiger partial charge in [0, 0.05) is 22.3 Å². The van der Waals surface area contributed by atoms with E-state index in [1.807, 2.05) is 48.8 Å². The first-order valence-electron chi connectivity index (χ1n) is 35.2. The predicted octanol–water partition coefficient (Wildman–Crippen LogP) is 24.3. The first-order valence-corrected chi connectivity index (χ1v) is 35.2. The molecule has 4 aliphatic rings. The Labute approximate surface area is 590 Å². The van der Waals surface area contributed by atoms with Gasteiger partial charge in [-0.25, -0.2) is 0 Å². The van der Waals surface area contributed by atoms with Gasteiger partial charge in [-0.05, 0) is 179 Å². The monoisotopic (exact) mass is 1290 g/mol. The van der Waals surface area contributed by atoms with Crippen molar-refractivity contribution in [2.75, 3.05) is 0 Å². The first kappa shape index (κ1) is 57.8. The van der Waals surface area contributed by atoms with E-state index >= 15 is 0 Å². The highest BCUT2D eigenvalue weighted by Crippen LogP contribution is 2.68. The van der Waals surface area contributed by atoms with Gasteiger partial charge < -0.3 is 0 Å². The fraction of sp³-hybridized carbons (Fsp3) is 0.0204. The Balaban J connectivity index is 0.000000133. The number of hydrogen-bond acceptors (Lipinski definition) is 4. The van der Waals surface area contributed by atoms with Crippen LogP contribution in [0.2, 0.25) is 0 Å². The van der Waals surface area contributed by atoms with Gasteiger partial charge in [0.2, 0.25) is 0 Å². The third-order valence-electron chi connectivity index (χ3n) is 22.4. The summed E-state index contributed by atoms with van der Waals surface area (Å²) in [5.74, 6) is 0. The van der Waals surface area contributed by atoms with Gasteiger partial charge in [-0.3, -0.25) is 9.97 Å². The molecule has 0 unspecified atom stereocenters. The zero-order valence-corrected chi connectivity index (χ0v) is 55.4. The van der Waals surface area contributed by atoms with Gasteiger partial charge in [-0.2, -0.15) is 0 Å². The van der Waals surface area contributed by atoms with Crippen molar-refractivity contribution < 1.29 is 0 Å². The predicted molar refractivity (Wildman–Crippen MR) is 419 cm³/mol. The first-order chi connectivity index (χ1) is 50.6. The number of nitrogens with zero attached hydrogens (tertiary/aromatic N) is 4. The summed E-state index contributed by atoms with van der Waals surface area (Å²) in [5.41, 5.74) is 33.2. The lowest BCUT2D eigenvalue weighted by Gasteiger charge is -2.32. The number of benzene rings is 16. The maximum Gasteiger partial charge on any atom is 0.0930 e. The molecule has 18 aromatic rings. The molecular weight excluding hydrogens is 1230 g/mol. The van der Waals surface area contributed by atoms with Crippen LogP contribution in [-0.4, -0.2) is 20.2 Å². The zero-order chi connectivity index (χ0) is 67.0. The average Bonchev–Trinajstić information content (AvgIpc) is 1.50. The summed E-state index contributed by atoms with van der Waals surface area (Å²) < 4.78 is 0. The van der Waals surface area contributed by atoms with E-state index in [0.29, 0.717) is 0 Å². The molecule has 4 aliphatic carbocycles. The van der Waals surface area contributed by atoms with E-state index in [-0.39, 0.29) is 0 Å². The molecule has 0 N–H and O–H groups in total. The number of rotatable bonds is 6. The minimum atomic E-state index is -0.451. The summed E-state index contributed by atoms with van der Waals surface area (Å²) >= 11 is 0. The van der Waals surface area contributed by atoms with Gasteiger partial charge in [0.25, 0.3) is 0 Å². The van der Waals surface area contributed by atoms with Crippen molar-refractivity contribution in [3.8, 4) is 112 Å². The molecule has 16 aromatic carbocycles. The molecule has 0 amide bonds. The van der Waals surface area contributed by atoms with Gasteiger partial charge in [0.15, 0.2) is 0 Å². The molecule has 4 heteroatoms. The molecule has 4 nitrogen and oxygen atoms in total. The van der Waals surface area contributed by atoms with Crippen LogP contribution in [0.4, 0.5) is 0 Å². The van der Waals surface area contributed by atoms with Crippen molar-refractivity contribution in [2.24, 2.45) is 0 Å². The number of fused-ring (bicyclic) bond motifs is 28. The van der Waals surface area contributed by atoms with Crippen LogP contribution >= 0.6 is 0 Å². The van der Waals surface area contributed by atoms with Crippen LogP contribution in [0.3, 0.4) is 0 Å². The largest absolute Gasteiger partial charge is 0.252 e. The third-order valence-corrected chi connectivity index (χ3v) is 22.4. The fourth-order valence-corrected chi connectivity index (χ4v) is 18.2. The second-order valence-electron chi connectivity index (χ2n) is 27.4. The smallest absolute Gasteiger partial charge is 0.0930 e. The van der Waals surface area contributed by atoms with Crippen molar-refractivity contribution in [1.82, 2.24) is 20.2 Å². The van der Waals surface area contributed by atoms with Crippen LogP contribution in [0.5, 0.6) is 0 Å². The summed E-state index contributed by atoms with van der Waals surface area (Å²) in [4.78, 5) is 9.54. The SMILES string of the molecule is c1ccc(-c2ccc(-c3ccc(-c4cc5c(c6ccccc46)-c4ccc6ccccc6c4C54c5ccccc5-c5ccccc54)cc3)nn2)cc1.c1ccc(-c2cnc(-c3ccc(-c4cc5c(c6ccccc46)-c4ccc6ccccc6c4C54c5ccccc5-c5ccccc54)cc3)cn2)cc1. The molecule has 472 valence electrons. The highest BCUT2D eigenvalue weighted by Gasteiger charge is 2.55. The molecule has 2 spiro atoms. The van der Waals surface area contributed by atoms with Crippen LogP contribution < -0.4 is 0 Å². The van der Waals surface area contributed by atoms with Crippen molar-refractivity contribution >= 4 is 43.1 Å². The van der Waals surface area contributed by atoms with Crippen LogP contribution in [0.1, 0.15) is 44.5 Å². The second kappa shape index (κ2) is 22.6. The van der Waals surface area contributed by atoms with Crippen molar-refractivity contribution in [1.29, 1.82) is 0 Å². The lowest BCUT2D eigenvalue weighted by Crippen LogP contribution is -2.26. The van der Waals surface area contributed by atoms with E-state index in [0.717, 1.165) is 45.0 Å². The van der Waals surface area contributed by atoms with E-state index in [1.165, 1.54) is 154 Å². The van der Waals surface area contributed by atoms with E-state index in [2.05, 4.69) is 326 Å². The molecule has 0 bridgehead atoms. The molecule has 0 atom stereocenters. The Morgan fingerprint density at radius 3 is 0.873 bits per heavy atom. The van der Waals surface area contributed by atoms with Crippen LogP contribution in [0, 0.1) is 0 Å². The summed E-state index contributed by atoms with van der Waals surface area (Å²) in [6, 6.07) is 129. The molecule has 22 rings (SSSR count). The summed E-state index contributed by atoms with van der Waals surface area (Å²) in [5, 5.41) is 19.4. The maximum atomic E-state index is 4.80. The molecule has 0 fully saturated rings. The Hall–Kier alpha value is -13.3. The summed E-state index contributed by atoms with van der Waals surface area (Å²) in [6.45, 7) is 0. The lowest BCUT2D eigenvalue weighted by atomic mass is 9.69. The van der Waals surface area contributed by atoms with Crippen LogP contribution in [0.15, 0.2) is 364 Å². The minimum absolute atomic E-state index is 0.451. The highest BCUT2D eigenvalue weighted by atomic mass is 15.1. The van der Waals surface area contributed by atoms with Crippen molar-refractivity contribution in [3.63, 3.8) is 0 Å². The second-order valence-corrected chi connectivity index (χ2v) is 27.4. The Bertz CT molecular complexity index is 5970. The average molecular weight is 1290 g/mol. The van der Waals surface area contributed by atoms with Gasteiger partial charge in [0.05, 0.1) is 46.0 Å². The van der Waals surface area contributed by atoms with Gasteiger partial charge in [-0.15, -0.1) is 10.2 Å². The van der Waals surface area contributed by atoms with Crippen molar-refractivity contribution in [3.05, 3.63) is 409 Å². The maximum absolute atomic E-state index is 4.80. The molecule has 2 heterocycles. The molecule has 0 radical (unpaired) electrons. The van der Waals surface area contributed by atoms with E-state index in [1.54, 1.807) is 0 Å². The van der Waals surface area contributed by atoms with Crippen molar-refractivity contribution in [2.45, 2.75) is 10.8 Å². The number of aromatic nitrogens is 4. The topological polar surface area (TPSA) is 51.6 Å². The van der Waals surface area contributed by atoms with Crippen LogP contribution in [0.25, 0.3) is 155 Å². The normalized spacial score (nSPS) is 13.3. The summed E-state index contributed by atoms with van der Waals surface area (Å²) in [6.07, 6.45) is 3.74. The standard InChI is InChI=1S/2C49H30N2/c1-2-13-33(14-3-1)45-29-51-46(30-50-45)34-24-22-32(23-25-34)41-28-44-47(39-19-7-6-16-36(39)41)40-27-26-31-12-4-5-15-35(31)48(40)49(44)42-20-10-8-17-37(42)38-18-9-11-21-43(38)49;1-2-13-33(14-3-1)45-28-29-46(51-50-45)34-24-22-32(23-25-34)41-30-44-47(39-19-7-6-16-36(39)41)40-27-26-31-12-4-5-15-35(31)48(40)49(44)42-20-10-8-17-37(42)38-18-9-11-21-43(38)49/h2*1-30H. The Morgan fingerprint density at radius 1 is 0.186 bits per heavy atom. The molecule has 2 aromatic heterocycles. The highest BCUT2D eigenvalue weighted by molar-refractivity contribution is 6.16. The van der Waals surface area contributed by atoms with Gasteiger partial charge in [0.1, 0.15) is 0 Å². The lowest BCUT2D eigenvalue weighted by molar-refractivity contribution is 0.802. The summed E-state index contributed by atoms with van der Waals surface area (Å²) in [7, 11) is 0. The third kappa shape index (κ3) is 8.32. The molecular formula is C98H60N4. The van der Waals surface area contributed by atoms with E-state index < -0.39 is 10.8 Å². The van der Waals surface area contributed by atoms with E-state index in [4.69, 9.17) is 9.97 Å². The quantitative estimate of drug-likeness (QED) is 0.166. The zero-order valence-electron chi connectivity index (χ0n) is 55.4. The molecule has 0 saturated carbocycles. The Kier molecular flexibility index (Phi) is 12.8. The van der Waals surface area contributed by atoms with Gasteiger partial charge >= 0.3 is 0 Å². The van der Waals surface area contributed by atoms with E-state index in [9.17, 15) is 0 Å². The Morgan fingerprint density at radius 2 is 0.490 bits per heavy atom. The molecule has 0 saturated heterocycles. The fourth-order valence-electron chi connectivity index (χ4n) is 18.2. The molecule has 102 heavy (non-hydrogen) atoms. The van der Waals surface area contributed by atoms with Crippen LogP contribution in [-0.2, 0) is 10.8 Å².